The first-order chi connectivity index (χ1) is 13.5. The number of nitrogens with one attached hydrogen (secondary N) is 2. The molecule has 7 nitrogen and oxygen atoms in total. The van der Waals surface area contributed by atoms with Crippen LogP contribution in [0.25, 0.3) is 0 Å². The number of rotatable bonds is 3. The third-order valence-corrected chi connectivity index (χ3v) is 5.80. The Bertz CT molecular complexity index is 847. The SMILES string of the molecule is Cc1ccc(C2(O)CCN(C(=O)C3CC(c4ccccc4O)NN3)CC2)nc1. The van der Waals surface area contributed by atoms with Crippen LogP contribution in [-0.2, 0) is 10.4 Å². The number of piperidine rings is 1. The molecule has 7 heteroatoms. The standard InChI is InChI=1S/C21H26N4O3/c1-14-6-7-19(22-13-14)21(28)8-10-25(11-9-21)20(27)17-12-16(23-24-17)15-4-2-3-5-18(15)26/h2-7,13,16-17,23-24,26,28H,8-12H2,1H3. The predicted molar refractivity (Wildman–Crippen MR) is 104 cm³/mol. The number of aromatic hydroxyl groups is 1. The van der Waals surface area contributed by atoms with Crippen molar-refractivity contribution in [1.82, 2.24) is 20.7 Å². The highest BCUT2D eigenvalue weighted by Gasteiger charge is 2.40. The molecule has 28 heavy (non-hydrogen) atoms. The Labute approximate surface area is 164 Å². The number of hydrazine groups is 1. The van der Waals surface area contributed by atoms with E-state index < -0.39 is 5.60 Å². The number of hydrogen-bond donors (Lipinski definition) is 4. The molecular formula is C21H26N4O3. The smallest absolute Gasteiger partial charge is 0.241 e. The Morgan fingerprint density at radius 3 is 2.61 bits per heavy atom. The van der Waals surface area contributed by atoms with Crippen molar-refractivity contribution in [2.45, 2.75) is 43.9 Å². The first kappa shape index (κ1) is 18.9. The summed E-state index contributed by atoms with van der Waals surface area (Å²) in [7, 11) is 0. The van der Waals surface area contributed by atoms with Gasteiger partial charge in [0, 0.05) is 24.8 Å². The summed E-state index contributed by atoms with van der Waals surface area (Å²) >= 11 is 0. The highest BCUT2D eigenvalue weighted by molar-refractivity contribution is 5.82. The zero-order valence-electron chi connectivity index (χ0n) is 15.9. The number of carbonyl (C=O) groups excluding carboxylic acids is 1. The lowest BCUT2D eigenvalue weighted by molar-refractivity contribution is -0.137. The number of phenols is 1. The zero-order valence-corrected chi connectivity index (χ0v) is 15.9. The summed E-state index contributed by atoms with van der Waals surface area (Å²) in [5.74, 6) is 0.243. The maximum atomic E-state index is 12.9. The minimum absolute atomic E-state index is 0.0179. The quantitative estimate of drug-likeness (QED) is 0.643. The number of benzene rings is 1. The molecule has 3 heterocycles. The van der Waals surface area contributed by atoms with Crippen LogP contribution < -0.4 is 10.9 Å². The Balaban J connectivity index is 1.37. The third-order valence-electron chi connectivity index (χ3n) is 5.80. The van der Waals surface area contributed by atoms with Crippen LogP contribution >= 0.6 is 0 Å². The number of para-hydroxylation sites is 1. The molecule has 0 saturated carbocycles. The summed E-state index contributed by atoms with van der Waals surface area (Å²) < 4.78 is 0. The first-order valence-electron chi connectivity index (χ1n) is 9.69. The summed E-state index contributed by atoms with van der Waals surface area (Å²) in [5, 5.41) is 21.0. The average molecular weight is 382 g/mol. The minimum Gasteiger partial charge on any atom is -0.508 e. The van der Waals surface area contributed by atoms with Crippen molar-refractivity contribution in [1.29, 1.82) is 0 Å². The van der Waals surface area contributed by atoms with Gasteiger partial charge in [-0.2, -0.15) is 0 Å². The zero-order chi connectivity index (χ0) is 19.7. The van der Waals surface area contributed by atoms with E-state index >= 15 is 0 Å². The summed E-state index contributed by atoms with van der Waals surface area (Å²) in [5.41, 5.74) is 7.70. The lowest BCUT2D eigenvalue weighted by atomic mass is 9.87. The number of hydrogen-bond acceptors (Lipinski definition) is 6. The van der Waals surface area contributed by atoms with Crippen molar-refractivity contribution in [2.24, 2.45) is 0 Å². The fourth-order valence-electron chi connectivity index (χ4n) is 4.02. The van der Waals surface area contributed by atoms with E-state index in [0.717, 1.165) is 11.1 Å². The van der Waals surface area contributed by atoms with Crippen LogP contribution in [-0.4, -0.2) is 45.1 Å². The Morgan fingerprint density at radius 1 is 1.18 bits per heavy atom. The fourth-order valence-corrected chi connectivity index (χ4v) is 4.02. The van der Waals surface area contributed by atoms with Crippen molar-refractivity contribution >= 4 is 5.91 Å². The molecule has 1 aromatic heterocycles. The highest BCUT2D eigenvalue weighted by atomic mass is 16.3. The van der Waals surface area contributed by atoms with Crippen molar-refractivity contribution in [3.8, 4) is 5.75 Å². The van der Waals surface area contributed by atoms with E-state index in [1.807, 2.05) is 31.2 Å². The molecule has 2 atom stereocenters. The van der Waals surface area contributed by atoms with Gasteiger partial charge in [-0.15, -0.1) is 0 Å². The summed E-state index contributed by atoms with van der Waals surface area (Å²) in [6, 6.07) is 10.5. The second-order valence-electron chi connectivity index (χ2n) is 7.77. The van der Waals surface area contributed by atoms with Gasteiger partial charge < -0.3 is 15.1 Å². The maximum Gasteiger partial charge on any atom is 0.241 e. The normalized spacial score (nSPS) is 24.3. The van der Waals surface area contributed by atoms with E-state index in [2.05, 4.69) is 15.8 Å². The van der Waals surface area contributed by atoms with Gasteiger partial charge in [0.05, 0.1) is 11.7 Å². The van der Waals surface area contributed by atoms with Crippen LogP contribution in [0, 0.1) is 6.92 Å². The van der Waals surface area contributed by atoms with Crippen LogP contribution in [0.15, 0.2) is 42.6 Å². The maximum absolute atomic E-state index is 12.9. The lowest BCUT2D eigenvalue weighted by Gasteiger charge is -2.38. The van der Waals surface area contributed by atoms with Gasteiger partial charge in [-0.25, -0.2) is 10.9 Å². The number of nitrogens with zero attached hydrogens (tertiary/aromatic N) is 2. The summed E-state index contributed by atoms with van der Waals surface area (Å²) in [4.78, 5) is 19.1. The van der Waals surface area contributed by atoms with Gasteiger partial charge in [0.25, 0.3) is 0 Å². The first-order valence-corrected chi connectivity index (χ1v) is 9.69. The molecule has 0 aliphatic carbocycles. The van der Waals surface area contributed by atoms with E-state index in [1.54, 1.807) is 23.2 Å². The fraction of sp³-hybridized carbons (Fsp3) is 0.429. The molecule has 4 N–H and O–H groups in total. The van der Waals surface area contributed by atoms with Crippen molar-refractivity contribution in [2.75, 3.05) is 13.1 Å². The van der Waals surface area contributed by atoms with Gasteiger partial charge in [0.1, 0.15) is 17.4 Å². The van der Waals surface area contributed by atoms with Crippen LogP contribution in [0.4, 0.5) is 0 Å². The molecule has 2 aliphatic rings. The van der Waals surface area contributed by atoms with E-state index in [0.29, 0.717) is 38.0 Å². The van der Waals surface area contributed by atoms with Crippen LogP contribution in [0.1, 0.15) is 42.1 Å². The average Bonchev–Trinajstić information content (AvgIpc) is 3.19. The molecule has 0 radical (unpaired) electrons. The lowest BCUT2D eigenvalue weighted by Crippen LogP contribution is -2.51. The van der Waals surface area contributed by atoms with Crippen molar-refractivity contribution < 1.29 is 15.0 Å². The van der Waals surface area contributed by atoms with E-state index in [4.69, 9.17) is 0 Å². The molecule has 2 unspecified atom stereocenters. The molecule has 2 aromatic rings. The summed E-state index contributed by atoms with van der Waals surface area (Å²) in [6.07, 6.45) is 3.27. The molecule has 148 valence electrons. The molecule has 1 aromatic carbocycles. The summed E-state index contributed by atoms with van der Waals surface area (Å²) in [6.45, 7) is 2.95. The molecule has 1 amide bonds. The Kier molecular flexibility index (Phi) is 5.05. The number of pyridine rings is 1. The number of phenolic OH excluding ortho intramolecular Hbond substituents is 1. The van der Waals surface area contributed by atoms with Crippen molar-refractivity contribution in [3.63, 3.8) is 0 Å². The van der Waals surface area contributed by atoms with Gasteiger partial charge >= 0.3 is 0 Å². The van der Waals surface area contributed by atoms with Crippen LogP contribution in [0.2, 0.25) is 0 Å². The minimum atomic E-state index is -0.982. The molecule has 2 aliphatic heterocycles. The second-order valence-corrected chi connectivity index (χ2v) is 7.77. The van der Waals surface area contributed by atoms with Gasteiger partial charge in [-0.05, 0) is 43.9 Å². The molecule has 0 bridgehead atoms. The van der Waals surface area contributed by atoms with Gasteiger partial charge in [0.15, 0.2) is 0 Å². The second kappa shape index (κ2) is 7.50. The van der Waals surface area contributed by atoms with E-state index in [9.17, 15) is 15.0 Å². The monoisotopic (exact) mass is 382 g/mol. The topological polar surface area (TPSA) is 97.7 Å². The third kappa shape index (κ3) is 3.61. The largest absolute Gasteiger partial charge is 0.508 e. The number of aryl methyl sites for hydroxylation is 1. The number of likely N-dealkylation sites (tertiary alicyclic amines) is 1. The number of aliphatic hydroxyl groups is 1. The van der Waals surface area contributed by atoms with Gasteiger partial charge in [0.2, 0.25) is 5.91 Å². The Morgan fingerprint density at radius 2 is 1.93 bits per heavy atom. The highest BCUT2D eigenvalue weighted by Crippen LogP contribution is 2.33. The Hall–Kier alpha value is -2.48. The van der Waals surface area contributed by atoms with Crippen LogP contribution in [0.3, 0.4) is 0 Å². The molecule has 0 spiro atoms. The molecule has 4 rings (SSSR count). The molecule has 2 saturated heterocycles. The number of amides is 1. The van der Waals surface area contributed by atoms with Crippen LogP contribution in [0.5, 0.6) is 5.75 Å². The molecular weight excluding hydrogens is 356 g/mol. The van der Waals surface area contributed by atoms with E-state index in [-0.39, 0.29) is 23.7 Å². The van der Waals surface area contributed by atoms with Gasteiger partial charge in [-0.3, -0.25) is 9.78 Å². The number of aromatic nitrogens is 1. The number of carbonyl (C=O) groups is 1. The van der Waals surface area contributed by atoms with Gasteiger partial charge in [-0.1, -0.05) is 24.3 Å². The van der Waals surface area contributed by atoms with Crippen molar-refractivity contribution in [3.05, 3.63) is 59.4 Å². The molecule has 2 fully saturated rings. The van der Waals surface area contributed by atoms with E-state index in [1.165, 1.54) is 0 Å². The predicted octanol–water partition coefficient (Wildman–Crippen LogP) is 1.51.